The predicted octanol–water partition coefficient (Wildman–Crippen LogP) is 0.170. The lowest BCUT2D eigenvalue weighted by Crippen LogP contribution is -2.48. The highest BCUT2D eigenvalue weighted by Crippen LogP contribution is 2.14. The zero-order chi connectivity index (χ0) is 12.0. The standard InChI is InChI=1S/C11H19NO4/c1-2-3-9(4-5-13)6-12-10(14)7-16-8-11(12)15/h9,13H,2-8H2,1H3. The van der Waals surface area contributed by atoms with Gasteiger partial charge >= 0.3 is 0 Å². The number of hydrogen-bond donors (Lipinski definition) is 1. The van der Waals surface area contributed by atoms with Crippen LogP contribution in [0.3, 0.4) is 0 Å². The third kappa shape index (κ3) is 3.57. The molecule has 1 atom stereocenters. The van der Waals surface area contributed by atoms with Gasteiger partial charge in [-0.15, -0.1) is 0 Å². The van der Waals surface area contributed by atoms with Gasteiger partial charge in [0.05, 0.1) is 0 Å². The monoisotopic (exact) mass is 229 g/mol. The molecule has 1 aliphatic heterocycles. The minimum Gasteiger partial charge on any atom is -0.396 e. The van der Waals surface area contributed by atoms with Gasteiger partial charge in [-0.25, -0.2) is 0 Å². The summed E-state index contributed by atoms with van der Waals surface area (Å²) in [4.78, 5) is 24.2. The molecular formula is C11H19NO4. The van der Waals surface area contributed by atoms with Gasteiger partial charge in [-0.2, -0.15) is 0 Å². The molecule has 0 radical (unpaired) electrons. The van der Waals surface area contributed by atoms with Crippen LogP contribution in [-0.4, -0.2) is 48.2 Å². The van der Waals surface area contributed by atoms with Crippen molar-refractivity contribution in [3.63, 3.8) is 0 Å². The van der Waals surface area contributed by atoms with Crippen LogP contribution in [-0.2, 0) is 14.3 Å². The number of morpholine rings is 1. The summed E-state index contributed by atoms with van der Waals surface area (Å²) in [6.07, 6.45) is 2.53. The topological polar surface area (TPSA) is 66.8 Å². The molecule has 0 aliphatic carbocycles. The normalized spacial score (nSPS) is 19.0. The molecule has 92 valence electrons. The average Bonchev–Trinajstić information content (AvgIpc) is 2.24. The van der Waals surface area contributed by atoms with Gasteiger partial charge < -0.3 is 9.84 Å². The Hall–Kier alpha value is -0.940. The fourth-order valence-corrected chi connectivity index (χ4v) is 1.90. The molecular weight excluding hydrogens is 210 g/mol. The molecule has 16 heavy (non-hydrogen) atoms. The van der Waals surface area contributed by atoms with Crippen LogP contribution >= 0.6 is 0 Å². The van der Waals surface area contributed by atoms with Crippen LogP contribution < -0.4 is 0 Å². The molecule has 1 N–H and O–H groups in total. The quantitative estimate of drug-likeness (QED) is 0.659. The van der Waals surface area contributed by atoms with E-state index < -0.39 is 0 Å². The van der Waals surface area contributed by atoms with Crippen LogP contribution in [0.5, 0.6) is 0 Å². The first kappa shape index (κ1) is 13.1. The zero-order valence-electron chi connectivity index (χ0n) is 9.65. The van der Waals surface area contributed by atoms with E-state index in [1.54, 1.807) is 0 Å². The first-order valence-corrected chi connectivity index (χ1v) is 5.70. The summed E-state index contributed by atoms with van der Waals surface area (Å²) in [5.41, 5.74) is 0. The van der Waals surface area contributed by atoms with Gasteiger partial charge in [0.15, 0.2) is 0 Å². The summed E-state index contributed by atoms with van der Waals surface area (Å²) >= 11 is 0. The third-order valence-electron chi connectivity index (χ3n) is 2.73. The number of ether oxygens (including phenoxy) is 1. The van der Waals surface area contributed by atoms with Crippen molar-refractivity contribution in [1.82, 2.24) is 4.90 Å². The van der Waals surface area contributed by atoms with Crippen molar-refractivity contribution in [3.8, 4) is 0 Å². The number of carbonyl (C=O) groups is 2. The van der Waals surface area contributed by atoms with Crippen LogP contribution in [0, 0.1) is 5.92 Å². The van der Waals surface area contributed by atoms with Crippen molar-refractivity contribution < 1.29 is 19.4 Å². The number of nitrogens with zero attached hydrogens (tertiary/aromatic N) is 1. The average molecular weight is 229 g/mol. The van der Waals surface area contributed by atoms with Crippen LogP contribution in [0.25, 0.3) is 0 Å². The first-order chi connectivity index (χ1) is 7.69. The molecule has 1 fully saturated rings. The zero-order valence-corrected chi connectivity index (χ0v) is 9.65. The molecule has 1 rings (SSSR count). The largest absolute Gasteiger partial charge is 0.396 e. The fraction of sp³-hybridized carbons (Fsp3) is 0.818. The molecule has 0 aromatic rings. The number of rotatable bonds is 6. The number of imide groups is 1. The summed E-state index contributed by atoms with van der Waals surface area (Å²) in [5, 5.41) is 8.91. The Morgan fingerprint density at radius 2 is 1.94 bits per heavy atom. The molecule has 0 aromatic heterocycles. The van der Waals surface area contributed by atoms with E-state index in [-0.39, 0.29) is 37.6 Å². The van der Waals surface area contributed by atoms with Crippen molar-refractivity contribution in [2.24, 2.45) is 5.92 Å². The summed E-state index contributed by atoms with van der Waals surface area (Å²) in [7, 11) is 0. The molecule has 2 amide bonds. The first-order valence-electron chi connectivity index (χ1n) is 5.70. The highest BCUT2D eigenvalue weighted by Gasteiger charge is 2.28. The fourth-order valence-electron chi connectivity index (χ4n) is 1.90. The Bertz CT molecular complexity index is 232. The van der Waals surface area contributed by atoms with Crippen LogP contribution in [0.2, 0.25) is 0 Å². The molecule has 1 unspecified atom stereocenters. The van der Waals surface area contributed by atoms with Gasteiger partial charge in [0.2, 0.25) is 0 Å². The van der Waals surface area contributed by atoms with Crippen LogP contribution in [0.4, 0.5) is 0 Å². The molecule has 0 bridgehead atoms. The minimum absolute atomic E-state index is 0.0102. The lowest BCUT2D eigenvalue weighted by molar-refractivity contribution is -0.159. The molecule has 1 heterocycles. The molecule has 0 aromatic carbocycles. The van der Waals surface area contributed by atoms with Gasteiger partial charge in [-0.3, -0.25) is 14.5 Å². The van der Waals surface area contributed by atoms with Gasteiger partial charge in [-0.05, 0) is 18.8 Å². The Kier molecular flexibility index (Phi) is 5.42. The van der Waals surface area contributed by atoms with E-state index in [1.807, 2.05) is 6.92 Å². The Labute approximate surface area is 95.4 Å². The second-order valence-corrected chi connectivity index (χ2v) is 4.06. The summed E-state index contributed by atoms with van der Waals surface area (Å²) in [6, 6.07) is 0. The highest BCUT2D eigenvalue weighted by atomic mass is 16.5. The molecule has 0 spiro atoms. The van der Waals surface area contributed by atoms with E-state index in [4.69, 9.17) is 9.84 Å². The van der Waals surface area contributed by atoms with E-state index in [0.29, 0.717) is 13.0 Å². The lowest BCUT2D eigenvalue weighted by atomic mass is 9.99. The van der Waals surface area contributed by atoms with E-state index in [0.717, 1.165) is 12.8 Å². The molecule has 1 saturated heterocycles. The van der Waals surface area contributed by atoms with Crippen molar-refractivity contribution in [2.45, 2.75) is 26.2 Å². The van der Waals surface area contributed by atoms with Gasteiger partial charge in [-0.1, -0.05) is 13.3 Å². The number of aliphatic hydroxyl groups excluding tert-OH is 1. The van der Waals surface area contributed by atoms with E-state index in [9.17, 15) is 9.59 Å². The molecule has 1 aliphatic rings. The van der Waals surface area contributed by atoms with Crippen molar-refractivity contribution in [1.29, 1.82) is 0 Å². The van der Waals surface area contributed by atoms with Gasteiger partial charge in [0, 0.05) is 13.2 Å². The molecule has 5 nitrogen and oxygen atoms in total. The van der Waals surface area contributed by atoms with Gasteiger partial charge in [0.25, 0.3) is 11.8 Å². The van der Waals surface area contributed by atoms with Crippen molar-refractivity contribution >= 4 is 11.8 Å². The van der Waals surface area contributed by atoms with Crippen LogP contribution in [0.1, 0.15) is 26.2 Å². The Morgan fingerprint density at radius 3 is 2.44 bits per heavy atom. The highest BCUT2D eigenvalue weighted by molar-refractivity contribution is 5.98. The summed E-state index contributed by atoms with van der Waals surface area (Å²) in [5.74, 6) is -0.341. The van der Waals surface area contributed by atoms with E-state index >= 15 is 0 Å². The second kappa shape index (κ2) is 6.60. The smallest absolute Gasteiger partial charge is 0.255 e. The Morgan fingerprint density at radius 1 is 1.31 bits per heavy atom. The van der Waals surface area contributed by atoms with Crippen molar-refractivity contribution in [3.05, 3.63) is 0 Å². The van der Waals surface area contributed by atoms with Crippen molar-refractivity contribution in [2.75, 3.05) is 26.4 Å². The third-order valence-corrected chi connectivity index (χ3v) is 2.73. The SMILES string of the molecule is CCCC(CCO)CN1C(=O)COCC1=O. The van der Waals surface area contributed by atoms with E-state index in [1.165, 1.54) is 4.90 Å². The minimum atomic E-state index is -0.268. The number of amides is 2. The van der Waals surface area contributed by atoms with Crippen LogP contribution in [0.15, 0.2) is 0 Å². The molecule has 0 saturated carbocycles. The second-order valence-electron chi connectivity index (χ2n) is 4.06. The predicted molar refractivity (Wildman–Crippen MR) is 57.6 cm³/mol. The maximum absolute atomic E-state index is 11.5. The number of carbonyl (C=O) groups excluding carboxylic acids is 2. The maximum Gasteiger partial charge on any atom is 0.255 e. The molecule has 5 heteroatoms. The maximum atomic E-state index is 11.5. The van der Waals surface area contributed by atoms with Gasteiger partial charge in [0.1, 0.15) is 13.2 Å². The van der Waals surface area contributed by atoms with E-state index in [2.05, 4.69) is 0 Å². The summed E-state index contributed by atoms with van der Waals surface area (Å²) in [6.45, 7) is 2.54. The Balaban J connectivity index is 2.53. The number of aliphatic hydroxyl groups is 1. The lowest BCUT2D eigenvalue weighted by Gasteiger charge is -2.28. The number of hydrogen-bond acceptors (Lipinski definition) is 4. The summed E-state index contributed by atoms with van der Waals surface area (Å²) < 4.78 is 4.84.